The normalized spacial score (nSPS) is 26.0. The van der Waals surface area contributed by atoms with Crippen LogP contribution in [0.5, 0.6) is 5.75 Å². The number of aliphatic hydroxyl groups is 1. The molecular weight excluding hydrogens is 532 g/mol. The number of carbonyl (C=O) groups excluding carboxylic acids is 1. The van der Waals surface area contributed by atoms with Crippen LogP contribution < -0.4 is 20.9 Å². The molecule has 0 radical (unpaired) electrons. The van der Waals surface area contributed by atoms with E-state index >= 15 is 4.39 Å². The van der Waals surface area contributed by atoms with E-state index in [0.29, 0.717) is 5.75 Å². The van der Waals surface area contributed by atoms with Crippen LogP contribution in [0.15, 0.2) is 52.2 Å². The predicted octanol–water partition coefficient (Wildman–Crippen LogP) is 1.36. The molecule has 0 bridgehead atoms. The maximum atomic E-state index is 15.4. The number of para-hydroxylation sites is 1. The molecule has 2 aromatic rings. The van der Waals surface area contributed by atoms with E-state index in [-0.39, 0.29) is 6.10 Å². The number of nitrogens with one attached hydrogen (secondary N) is 2. The molecule has 204 valence electrons. The van der Waals surface area contributed by atoms with Gasteiger partial charge in [-0.1, -0.05) is 18.2 Å². The number of benzene rings is 1. The molecule has 1 fully saturated rings. The number of ether oxygens (including phenoxy) is 3. The van der Waals surface area contributed by atoms with Crippen molar-refractivity contribution in [3.8, 4) is 5.75 Å². The van der Waals surface area contributed by atoms with Gasteiger partial charge in [-0.05, 0) is 44.7 Å². The van der Waals surface area contributed by atoms with Crippen molar-refractivity contribution < 1.29 is 37.5 Å². The molecule has 12 nitrogen and oxygen atoms in total. The zero-order valence-corrected chi connectivity index (χ0v) is 22.2. The van der Waals surface area contributed by atoms with Crippen molar-refractivity contribution in [3.05, 3.63) is 63.4 Å². The number of aromatic nitrogens is 2. The number of H-pyrrole nitrogens is 1. The van der Waals surface area contributed by atoms with Gasteiger partial charge in [-0.3, -0.25) is 19.1 Å². The largest absolute Gasteiger partial charge is 0.462 e. The highest BCUT2D eigenvalue weighted by atomic mass is 32.5. The van der Waals surface area contributed by atoms with Crippen molar-refractivity contribution in [2.75, 3.05) is 13.7 Å². The fourth-order valence-corrected chi connectivity index (χ4v) is 5.83. The Balaban J connectivity index is 1.86. The second-order valence-corrected chi connectivity index (χ2v) is 11.6. The van der Waals surface area contributed by atoms with Crippen LogP contribution in [0.4, 0.5) is 4.39 Å². The fourth-order valence-electron chi connectivity index (χ4n) is 3.44. The number of hydrogen-bond donors (Lipinski definition) is 3. The first-order valence-electron chi connectivity index (χ1n) is 11.2. The number of esters is 1. The van der Waals surface area contributed by atoms with Crippen LogP contribution in [-0.4, -0.2) is 64.6 Å². The van der Waals surface area contributed by atoms with Crippen LogP contribution in [-0.2, 0) is 35.3 Å². The van der Waals surface area contributed by atoms with Crippen molar-refractivity contribution >= 4 is 24.4 Å². The maximum Gasteiger partial charge on any atom is 0.330 e. The van der Waals surface area contributed by atoms with E-state index in [2.05, 4.69) is 5.09 Å². The van der Waals surface area contributed by atoms with Gasteiger partial charge >= 0.3 is 18.3 Å². The quantitative estimate of drug-likeness (QED) is 0.270. The molecule has 1 aliphatic heterocycles. The standard InChI is InChI=1S/C22H29FN3O9PS/c1-13(2)33-20(29)14(3)25-36(37,35-15-8-6-5-7-9-15)32-12-22(31-4)18(23)17(28)19(34-22)26-11-10-16(27)24-21(26)30/h5-11,13-14,17-19,28H,12H2,1-4H3,(H,25,37)(H,24,27,30)/t14-,17-,18+,19-,22-,36?/m1/s1. The van der Waals surface area contributed by atoms with Crippen molar-refractivity contribution in [3.63, 3.8) is 0 Å². The summed E-state index contributed by atoms with van der Waals surface area (Å²) in [7, 11) is 1.12. The van der Waals surface area contributed by atoms with Crippen molar-refractivity contribution in [2.24, 2.45) is 0 Å². The van der Waals surface area contributed by atoms with E-state index in [0.717, 1.165) is 23.9 Å². The average molecular weight is 562 g/mol. The summed E-state index contributed by atoms with van der Waals surface area (Å²) in [6.45, 7) is 0.586. The van der Waals surface area contributed by atoms with Crippen molar-refractivity contribution in [1.29, 1.82) is 0 Å². The van der Waals surface area contributed by atoms with E-state index in [4.69, 9.17) is 35.1 Å². The van der Waals surface area contributed by atoms with E-state index in [1.54, 1.807) is 44.2 Å². The zero-order valence-electron chi connectivity index (χ0n) is 20.5. The summed E-state index contributed by atoms with van der Waals surface area (Å²) >= 11 is 5.61. The van der Waals surface area contributed by atoms with E-state index < -0.39 is 60.8 Å². The molecule has 1 aromatic heterocycles. The zero-order chi connectivity index (χ0) is 27.4. The van der Waals surface area contributed by atoms with Gasteiger partial charge in [0.15, 0.2) is 12.4 Å². The van der Waals surface area contributed by atoms with Crippen LogP contribution >= 0.6 is 6.64 Å². The monoisotopic (exact) mass is 561 g/mol. The van der Waals surface area contributed by atoms with E-state index in [1.165, 1.54) is 6.92 Å². The molecule has 0 amide bonds. The lowest BCUT2D eigenvalue weighted by atomic mass is 10.1. The maximum absolute atomic E-state index is 15.4. The van der Waals surface area contributed by atoms with Crippen LogP contribution in [0.1, 0.15) is 27.0 Å². The SMILES string of the molecule is CO[C@]1(COP(=S)(N[C@H](C)C(=O)OC(C)C)Oc2ccccc2)O[C@@H](n2ccc(=O)[nH]c2=O)[C@H](O)[C@@H]1F. The number of alkyl halides is 1. The molecule has 15 heteroatoms. The minimum absolute atomic E-state index is 0.316. The molecule has 2 heterocycles. The van der Waals surface area contributed by atoms with Crippen LogP contribution in [0.25, 0.3) is 0 Å². The number of nitrogens with zero attached hydrogens (tertiary/aromatic N) is 1. The van der Waals surface area contributed by atoms with Gasteiger partial charge in [0, 0.05) is 19.4 Å². The number of aliphatic hydroxyl groups excluding tert-OH is 1. The summed E-state index contributed by atoms with van der Waals surface area (Å²) in [5.41, 5.74) is -1.60. The molecule has 1 aromatic carbocycles. The average Bonchev–Trinajstić information content (AvgIpc) is 3.08. The van der Waals surface area contributed by atoms with Crippen molar-refractivity contribution in [1.82, 2.24) is 14.6 Å². The molecule has 3 N–H and O–H groups in total. The Morgan fingerprint density at radius 2 is 1.97 bits per heavy atom. The van der Waals surface area contributed by atoms with Gasteiger partial charge in [0.25, 0.3) is 5.56 Å². The minimum atomic E-state index is -3.60. The third-order valence-corrected chi connectivity index (χ3v) is 7.74. The number of aromatic amines is 1. The second kappa shape index (κ2) is 11.9. The topological polar surface area (TPSA) is 150 Å². The molecule has 1 aliphatic rings. The fraction of sp³-hybridized carbons (Fsp3) is 0.500. The Kier molecular flexibility index (Phi) is 9.40. The Labute approximate surface area is 216 Å². The van der Waals surface area contributed by atoms with Gasteiger partial charge < -0.3 is 28.4 Å². The van der Waals surface area contributed by atoms with Crippen molar-refractivity contribution in [2.45, 2.75) is 57.2 Å². The first-order chi connectivity index (χ1) is 17.4. The van der Waals surface area contributed by atoms with Gasteiger partial charge in [0.05, 0.1) is 6.10 Å². The second-order valence-electron chi connectivity index (χ2n) is 8.45. The summed E-state index contributed by atoms with van der Waals surface area (Å²) in [6.07, 6.45) is -4.95. The number of rotatable bonds is 11. The highest BCUT2D eigenvalue weighted by molar-refractivity contribution is 8.09. The van der Waals surface area contributed by atoms with Gasteiger partial charge in [-0.15, -0.1) is 0 Å². The van der Waals surface area contributed by atoms with Gasteiger partial charge in [-0.2, -0.15) is 0 Å². The molecule has 3 rings (SSSR count). The summed E-state index contributed by atoms with van der Waals surface area (Å²) < 4.78 is 44.0. The molecule has 0 saturated carbocycles. The summed E-state index contributed by atoms with van der Waals surface area (Å²) in [5, 5.41) is 13.3. The van der Waals surface area contributed by atoms with E-state index in [1.807, 2.05) is 4.98 Å². The third kappa shape index (κ3) is 6.90. The number of hydrogen-bond acceptors (Lipinski definition) is 10. The Hall–Kier alpha value is -2.45. The summed E-state index contributed by atoms with van der Waals surface area (Å²) in [6, 6.07) is 8.44. The molecule has 1 saturated heterocycles. The lowest BCUT2D eigenvalue weighted by molar-refractivity contribution is -0.256. The molecule has 1 unspecified atom stereocenters. The molecule has 6 atom stereocenters. The smallest absolute Gasteiger partial charge is 0.330 e. The first kappa shape index (κ1) is 29.1. The van der Waals surface area contributed by atoms with Crippen LogP contribution in [0.3, 0.4) is 0 Å². The Morgan fingerprint density at radius 3 is 2.57 bits per heavy atom. The Bertz CT molecular complexity index is 1240. The van der Waals surface area contributed by atoms with Gasteiger partial charge in [-0.25, -0.2) is 14.3 Å². The first-order valence-corrected chi connectivity index (χ1v) is 13.9. The highest BCUT2D eigenvalue weighted by Crippen LogP contribution is 2.48. The number of halogens is 1. The van der Waals surface area contributed by atoms with Crippen LogP contribution in [0, 0.1) is 0 Å². The molecule has 37 heavy (non-hydrogen) atoms. The molecule has 0 aliphatic carbocycles. The summed E-state index contributed by atoms with van der Waals surface area (Å²) in [5.74, 6) is -2.51. The van der Waals surface area contributed by atoms with E-state index in [9.17, 15) is 19.5 Å². The predicted molar refractivity (Wildman–Crippen MR) is 133 cm³/mol. The lowest BCUT2D eigenvalue weighted by Gasteiger charge is -2.33. The number of carbonyl (C=O) groups is 1. The van der Waals surface area contributed by atoms with Gasteiger partial charge in [0.2, 0.25) is 5.79 Å². The number of methoxy groups -OCH3 is 1. The van der Waals surface area contributed by atoms with Gasteiger partial charge in [0.1, 0.15) is 24.5 Å². The molecular formula is C22H29FN3O9PS. The lowest BCUT2D eigenvalue weighted by Crippen LogP contribution is -2.47. The Morgan fingerprint density at radius 1 is 1.30 bits per heavy atom. The third-order valence-electron chi connectivity index (χ3n) is 5.26. The molecule has 0 spiro atoms. The summed E-state index contributed by atoms with van der Waals surface area (Å²) in [4.78, 5) is 38.0. The van der Waals surface area contributed by atoms with Crippen LogP contribution in [0.2, 0.25) is 0 Å². The highest BCUT2D eigenvalue weighted by Gasteiger charge is 2.58. The minimum Gasteiger partial charge on any atom is -0.462 e.